The number of carbonyl (C=O) groups excluding carboxylic acids is 1. The van der Waals surface area contributed by atoms with Crippen LogP contribution >= 0.6 is 11.6 Å². The average molecular weight is 319 g/mol. The first-order valence-electron chi connectivity index (χ1n) is 6.04. The van der Waals surface area contributed by atoms with E-state index in [1.54, 1.807) is 6.07 Å². The first kappa shape index (κ1) is 15.1. The molecule has 1 aromatic rings. The second-order valence-electron chi connectivity index (χ2n) is 4.41. The molecule has 1 fully saturated rings. The summed E-state index contributed by atoms with van der Waals surface area (Å²) in [6.07, 6.45) is 0. The number of nitrogens with zero attached hydrogens (tertiary/aromatic N) is 1. The van der Waals surface area contributed by atoms with Crippen molar-refractivity contribution in [3.05, 3.63) is 23.2 Å². The maximum atomic E-state index is 12.3. The number of hydrogen-bond donors (Lipinski definition) is 1. The van der Waals surface area contributed by atoms with Crippen molar-refractivity contribution in [2.24, 2.45) is 0 Å². The second kappa shape index (κ2) is 5.99. The molecule has 8 heteroatoms. The summed E-state index contributed by atoms with van der Waals surface area (Å²) in [5.41, 5.74) is 5.70. The third kappa shape index (κ3) is 3.23. The van der Waals surface area contributed by atoms with E-state index in [9.17, 15) is 13.2 Å². The summed E-state index contributed by atoms with van der Waals surface area (Å²) in [6, 6.07) is 4.43. The van der Waals surface area contributed by atoms with Crippen molar-refractivity contribution in [2.75, 3.05) is 37.8 Å². The summed E-state index contributed by atoms with van der Waals surface area (Å²) in [5, 5.41) is 0.0276. The van der Waals surface area contributed by atoms with Gasteiger partial charge in [0.2, 0.25) is 5.91 Å². The minimum Gasteiger partial charge on any atom is -0.398 e. The topological polar surface area (TPSA) is 89.7 Å². The van der Waals surface area contributed by atoms with Gasteiger partial charge in [0, 0.05) is 13.1 Å². The molecule has 0 unspecified atom stereocenters. The molecule has 1 heterocycles. The lowest BCUT2D eigenvalue weighted by Gasteiger charge is -2.26. The number of nitrogen functional groups attached to an aromatic ring is 1. The SMILES string of the molecule is Nc1cccc(Cl)c1S(=O)(=O)CC(=O)N1CCOCC1. The first-order valence-corrected chi connectivity index (χ1v) is 8.07. The molecule has 1 aliphatic heterocycles. The van der Waals surface area contributed by atoms with Gasteiger partial charge in [-0.3, -0.25) is 4.79 Å². The van der Waals surface area contributed by atoms with Crippen LogP contribution in [-0.2, 0) is 19.4 Å². The Morgan fingerprint density at radius 3 is 2.60 bits per heavy atom. The molecule has 2 N–H and O–H groups in total. The van der Waals surface area contributed by atoms with Crippen molar-refractivity contribution in [1.82, 2.24) is 4.90 Å². The fourth-order valence-corrected chi connectivity index (χ4v) is 3.97. The van der Waals surface area contributed by atoms with Gasteiger partial charge in [0.15, 0.2) is 9.84 Å². The Bertz CT molecular complexity index is 592. The van der Waals surface area contributed by atoms with Crippen LogP contribution in [-0.4, -0.2) is 51.3 Å². The molecule has 1 amide bonds. The number of hydrogen-bond acceptors (Lipinski definition) is 5. The van der Waals surface area contributed by atoms with Crippen LogP contribution in [0, 0.1) is 0 Å². The van der Waals surface area contributed by atoms with E-state index >= 15 is 0 Å². The van der Waals surface area contributed by atoms with E-state index in [1.807, 2.05) is 0 Å². The van der Waals surface area contributed by atoms with Crippen molar-refractivity contribution < 1.29 is 17.9 Å². The Hall–Kier alpha value is -1.31. The molecule has 1 aromatic carbocycles. The minimum atomic E-state index is -3.86. The summed E-state index contributed by atoms with van der Waals surface area (Å²) in [6.45, 7) is 1.62. The van der Waals surface area contributed by atoms with Crippen molar-refractivity contribution in [1.29, 1.82) is 0 Å². The number of halogens is 1. The molecule has 0 radical (unpaired) electrons. The summed E-state index contributed by atoms with van der Waals surface area (Å²) >= 11 is 5.88. The van der Waals surface area contributed by atoms with E-state index in [0.29, 0.717) is 26.3 Å². The molecule has 0 aliphatic carbocycles. The summed E-state index contributed by atoms with van der Waals surface area (Å²) in [7, 11) is -3.86. The maximum Gasteiger partial charge on any atom is 0.238 e. The van der Waals surface area contributed by atoms with Gasteiger partial charge < -0.3 is 15.4 Å². The van der Waals surface area contributed by atoms with Gasteiger partial charge in [0.25, 0.3) is 0 Å². The zero-order valence-corrected chi connectivity index (χ0v) is 12.3. The van der Waals surface area contributed by atoms with E-state index in [0.717, 1.165) is 0 Å². The van der Waals surface area contributed by atoms with Gasteiger partial charge in [0.05, 0.1) is 23.9 Å². The number of benzene rings is 1. The molecule has 1 saturated heterocycles. The lowest BCUT2D eigenvalue weighted by molar-refractivity contribution is -0.132. The number of rotatable bonds is 3. The van der Waals surface area contributed by atoms with Crippen LogP contribution in [0.4, 0.5) is 5.69 Å². The molecule has 20 heavy (non-hydrogen) atoms. The minimum absolute atomic E-state index is 0.0276. The Labute approximate surface area is 122 Å². The van der Waals surface area contributed by atoms with E-state index in [4.69, 9.17) is 22.1 Å². The van der Waals surface area contributed by atoms with Crippen LogP contribution in [0.25, 0.3) is 0 Å². The number of amides is 1. The molecular formula is C12H15ClN2O4S. The third-order valence-corrected chi connectivity index (χ3v) is 5.12. The normalized spacial score (nSPS) is 16.1. The van der Waals surface area contributed by atoms with Crippen LogP contribution in [0.2, 0.25) is 5.02 Å². The smallest absolute Gasteiger partial charge is 0.238 e. The largest absolute Gasteiger partial charge is 0.398 e. The molecule has 0 spiro atoms. The fraction of sp³-hybridized carbons (Fsp3) is 0.417. The number of sulfone groups is 1. The van der Waals surface area contributed by atoms with Crippen molar-refractivity contribution in [3.8, 4) is 0 Å². The van der Waals surface area contributed by atoms with Crippen LogP contribution in [0.15, 0.2) is 23.1 Å². The lowest BCUT2D eigenvalue weighted by atomic mass is 10.3. The molecular weight excluding hydrogens is 304 g/mol. The van der Waals surface area contributed by atoms with E-state index < -0.39 is 21.5 Å². The van der Waals surface area contributed by atoms with Crippen LogP contribution in [0.5, 0.6) is 0 Å². The molecule has 1 aliphatic rings. The van der Waals surface area contributed by atoms with Crippen LogP contribution in [0.1, 0.15) is 0 Å². The van der Waals surface area contributed by atoms with E-state index in [1.165, 1.54) is 17.0 Å². The Kier molecular flexibility index (Phi) is 4.52. The Morgan fingerprint density at radius 1 is 1.35 bits per heavy atom. The highest BCUT2D eigenvalue weighted by molar-refractivity contribution is 7.92. The first-order chi connectivity index (χ1) is 9.42. The van der Waals surface area contributed by atoms with Gasteiger partial charge in [-0.25, -0.2) is 8.42 Å². The van der Waals surface area contributed by atoms with E-state index in [-0.39, 0.29) is 15.6 Å². The predicted molar refractivity (Wildman–Crippen MR) is 75.3 cm³/mol. The molecule has 0 atom stereocenters. The Balaban J connectivity index is 2.21. The van der Waals surface area contributed by atoms with Gasteiger partial charge in [-0.15, -0.1) is 0 Å². The number of carbonyl (C=O) groups is 1. The average Bonchev–Trinajstić information content (AvgIpc) is 2.38. The molecule has 110 valence electrons. The van der Waals surface area contributed by atoms with E-state index in [2.05, 4.69) is 0 Å². The van der Waals surface area contributed by atoms with Gasteiger partial charge >= 0.3 is 0 Å². The maximum absolute atomic E-state index is 12.3. The molecule has 0 bridgehead atoms. The van der Waals surface area contributed by atoms with Crippen LogP contribution in [0.3, 0.4) is 0 Å². The quantitative estimate of drug-likeness (QED) is 0.822. The standard InChI is InChI=1S/C12H15ClN2O4S/c13-9-2-1-3-10(14)12(9)20(17,18)8-11(16)15-4-6-19-7-5-15/h1-3H,4-8,14H2. The highest BCUT2D eigenvalue weighted by Crippen LogP contribution is 2.28. The third-order valence-electron chi connectivity index (χ3n) is 2.99. The predicted octanol–water partition coefficient (Wildman–Crippen LogP) is 0.555. The zero-order chi connectivity index (χ0) is 14.8. The van der Waals surface area contributed by atoms with Gasteiger partial charge in [-0.1, -0.05) is 17.7 Å². The molecule has 0 saturated carbocycles. The van der Waals surface area contributed by atoms with Crippen molar-refractivity contribution in [3.63, 3.8) is 0 Å². The lowest BCUT2D eigenvalue weighted by Crippen LogP contribution is -2.43. The monoisotopic (exact) mass is 318 g/mol. The highest BCUT2D eigenvalue weighted by atomic mass is 35.5. The Morgan fingerprint density at radius 2 is 2.00 bits per heavy atom. The number of morpholine rings is 1. The highest BCUT2D eigenvalue weighted by Gasteiger charge is 2.27. The molecule has 0 aromatic heterocycles. The van der Waals surface area contributed by atoms with Crippen molar-refractivity contribution >= 4 is 33.0 Å². The summed E-state index contributed by atoms with van der Waals surface area (Å²) in [5.74, 6) is -1.10. The number of nitrogens with two attached hydrogens (primary N) is 1. The second-order valence-corrected chi connectivity index (χ2v) is 6.74. The molecule has 2 rings (SSSR count). The van der Waals surface area contributed by atoms with Gasteiger partial charge in [-0.05, 0) is 12.1 Å². The van der Waals surface area contributed by atoms with Gasteiger partial charge in [0.1, 0.15) is 10.6 Å². The zero-order valence-electron chi connectivity index (χ0n) is 10.7. The number of ether oxygens (including phenoxy) is 1. The van der Waals surface area contributed by atoms with Gasteiger partial charge in [-0.2, -0.15) is 0 Å². The summed E-state index contributed by atoms with van der Waals surface area (Å²) < 4.78 is 29.7. The van der Waals surface area contributed by atoms with Crippen molar-refractivity contribution in [2.45, 2.75) is 4.90 Å². The fourth-order valence-electron chi connectivity index (χ4n) is 1.99. The summed E-state index contributed by atoms with van der Waals surface area (Å²) in [4.78, 5) is 13.3. The molecule has 6 nitrogen and oxygen atoms in total. The number of anilines is 1. The van der Waals surface area contributed by atoms with Crippen LogP contribution < -0.4 is 5.73 Å².